The lowest BCUT2D eigenvalue weighted by Crippen LogP contribution is -2.38. The summed E-state index contributed by atoms with van der Waals surface area (Å²) in [5.41, 5.74) is 0.974. The summed E-state index contributed by atoms with van der Waals surface area (Å²) < 4.78 is 0. The third-order valence-electron chi connectivity index (χ3n) is 4.49. The molecule has 1 fully saturated rings. The van der Waals surface area contributed by atoms with Crippen LogP contribution in [0.1, 0.15) is 71.9 Å². The van der Waals surface area contributed by atoms with Crippen LogP contribution >= 0.6 is 0 Å². The first-order chi connectivity index (χ1) is 10.6. The summed E-state index contributed by atoms with van der Waals surface area (Å²) in [4.78, 5) is 41.6. The molecule has 22 heavy (non-hydrogen) atoms. The number of nitrogens with one attached hydrogen (secondary N) is 1. The molecule has 0 atom stereocenters. The monoisotopic (exact) mass is 302 g/mol. The highest BCUT2D eigenvalue weighted by Crippen LogP contribution is 2.28. The average molecular weight is 302 g/mol. The van der Waals surface area contributed by atoms with Crippen molar-refractivity contribution in [1.29, 1.82) is 0 Å². The number of pyridine rings is 1. The van der Waals surface area contributed by atoms with E-state index in [0.29, 0.717) is 30.6 Å². The highest BCUT2D eigenvalue weighted by Gasteiger charge is 2.34. The smallest absolute Gasteiger partial charge is 0.261 e. The Morgan fingerprint density at radius 3 is 2.77 bits per heavy atom. The van der Waals surface area contributed by atoms with Crippen molar-refractivity contribution in [1.82, 2.24) is 9.88 Å². The van der Waals surface area contributed by atoms with Gasteiger partial charge >= 0.3 is 0 Å². The van der Waals surface area contributed by atoms with Crippen LogP contribution in [0.2, 0.25) is 0 Å². The molecule has 1 N–H and O–H groups in total. The Hall–Kier alpha value is -1.91. The van der Waals surface area contributed by atoms with Crippen molar-refractivity contribution in [3.8, 4) is 0 Å². The average Bonchev–Trinajstić information content (AvgIpc) is 3.32. The number of hydrogen-bond acceptors (Lipinski definition) is 3. The number of aromatic nitrogens is 1. The Morgan fingerprint density at radius 1 is 1.32 bits per heavy atom. The third-order valence-corrected chi connectivity index (χ3v) is 4.49. The molecule has 1 aromatic heterocycles. The van der Waals surface area contributed by atoms with Gasteiger partial charge in [-0.25, -0.2) is 0 Å². The first-order valence-corrected chi connectivity index (χ1v) is 8.22. The third kappa shape index (κ3) is 2.85. The normalized spacial score (nSPS) is 17.2. The first-order valence-electron chi connectivity index (χ1n) is 8.22. The molecular weight excluding hydrogens is 280 g/mol. The van der Waals surface area contributed by atoms with Gasteiger partial charge in [0.15, 0.2) is 5.78 Å². The zero-order valence-electron chi connectivity index (χ0n) is 13.0. The highest BCUT2D eigenvalue weighted by atomic mass is 16.2. The molecule has 1 heterocycles. The quantitative estimate of drug-likeness (QED) is 0.907. The molecular formula is C17H22N2O3. The molecule has 1 aromatic rings. The van der Waals surface area contributed by atoms with Crippen LogP contribution in [0.25, 0.3) is 0 Å². The van der Waals surface area contributed by atoms with Gasteiger partial charge in [0.25, 0.3) is 11.5 Å². The number of amides is 1. The summed E-state index contributed by atoms with van der Waals surface area (Å²) in [6.45, 7) is 2.77. The summed E-state index contributed by atoms with van der Waals surface area (Å²) in [5, 5.41) is 0. The van der Waals surface area contributed by atoms with Gasteiger partial charge in [-0.1, -0.05) is 13.3 Å². The Kier molecular flexibility index (Phi) is 4.14. The lowest BCUT2D eigenvalue weighted by atomic mass is 9.93. The second kappa shape index (κ2) is 6.07. The highest BCUT2D eigenvalue weighted by molar-refractivity contribution is 6.01. The van der Waals surface area contributed by atoms with Crippen molar-refractivity contribution < 1.29 is 9.59 Å². The minimum absolute atomic E-state index is 0.0260. The van der Waals surface area contributed by atoms with Crippen molar-refractivity contribution >= 4 is 11.7 Å². The van der Waals surface area contributed by atoms with Gasteiger partial charge in [0, 0.05) is 30.3 Å². The van der Waals surface area contributed by atoms with Crippen molar-refractivity contribution in [3.63, 3.8) is 0 Å². The van der Waals surface area contributed by atoms with Crippen LogP contribution in [-0.4, -0.2) is 34.2 Å². The maximum Gasteiger partial charge on any atom is 0.261 e. The molecule has 0 bridgehead atoms. The Balaban J connectivity index is 1.92. The van der Waals surface area contributed by atoms with Crippen LogP contribution in [0.4, 0.5) is 0 Å². The fourth-order valence-electron chi connectivity index (χ4n) is 3.05. The topological polar surface area (TPSA) is 70.2 Å². The number of carbonyl (C=O) groups is 2. The number of carbonyl (C=O) groups excluding carboxylic acids is 2. The number of rotatable bonds is 5. The van der Waals surface area contributed by atoms with E-state index in [0.717, 1.165) is 32.1 Å². The number of aromatic amines is 1. The van der Waals surface area contributed by atoms with E-state index in [4.69, 9.17) is 0 Å². The molecule has 1 amide bonds. The molecule has 1 saturated carbocycles. The number of Topliss-reactive ketones (excluding diaryl/α,β-unsaturated/α-hetero) is 1. The van der Waals surface area contributed by atoms with Gasteiger partial charge in [0.05, 0.1) is 0 Å². The van der Waals surface area contributed by atoms with Crippen LogP contribution in [0.5, 0.6) is 0 Å². The Labute approximate surface area is 129 Å². The number of aryl methyl sites for hydroxylation is 1. The first kappa shape index (κ1) is 15.0. The van der Waals surface area contributed by atoms with Crippen molar-refractivity contribution in [2.75, 3.05) is 6.54 Å². The van der Waals surface area contributed by atoms with E-state index in [9.17, 15) is 14.4 Å². The van der Waals surface area contributed by atoms with Gasteiger partial charge in [-0.3, -0.25) is 14.4 Å². The van der Waals surface area contributed by atoms with Gasteiger partial charge in [0.1, 0.15) is 5.56 Å². The Bertz CT molecular complexity index is 658. The maximum absolute atomic E-state index is 12.7. The number of hydrogen-bond donors (Lipinski definition) is 1. The summed E-state index contributed by atoms with van der Waals surface area (Å²) in [6.07, 6.45) is 5.93. The van der Waals surface area contributed by atoms with Gasteiger partial charge in [0.2, 0.25) is 0 Å². The number of unbranched alkanes of at least 4 members (excludes halogenated alkanes) is 1. The van der Waals surface area contributed by atoms with Gasteiger partial charge in [-0.15, -0.1) is 0 Å². The zero-order chi connectivity index (χ0) is 15.7. The molecule has 0 aliphatic heterocycles. The van der Waals surface area contributed by atoms with Crippen LogP contribution < -0.4 is 5.56 Å². The van der Waals surface area contributed by atoms with Crippen LogP contribution in [-0.2, 0) is 6.42 Å². The Morgan fingerprint density at radius 2 is 2.09 bits per heavy atom. The molecule has 2 aliphatic rings. The van der Waals surface area contributed by atoms with Crippen LogP contribution in [0.15, 0.2) is 10.9 Å². The summed E-state index contributed by atoms with van der Waals surface area (Å²) in [6, 6.07) is 1.80. The fraction of sp³-hybridized carbons (Fsp3) is 0.588. The molecule has 0 unspecified atom stereocenters. The van der Waals surface area contributed by atoms with Gasteiger partial charge in [-0.05, 0) is 38.2 Å². The van der Waals surface area contributed by atoms with E-state index in [1.807, 2.05) is 4.90 Å². The summed E-state index contributed by atoms with van der Waals surface area (Å²) in [7, 11) is 0. The minimum Gasteiger partial charge on any atom is -0.335 e. The van der Waals surface area contributed by atoms with E-state index < -0.39 is 0 Å². The van der Waals surface area contributed by atoms with E-state index in [2.05, 4.69) is 11.9 Å². The standard InChI is InChI=1S/C17H22N2O3/c1-2-3-9-19(11-7-8-11)17(22)13-10-12-14(18-16(13)21)5-4-6-15(12)20/h10-11H,2-9H2,1H3,(H,18,21). The second-order valence-corrected chi connectivity index (χ2v) is 6.26. The molecule has 5 nitrogen and oxygen atoms in total. The van der Waals surface area contributed by atoms with E-state index in [1.54, 1.807) is 0 Å². The molecule has 118 valence electrons. The largest absolute Gasteiger partial charge is 0.335 e. The molecule has 5 heteroatoms. The molecule has 3 rings (SSSR count). The fourth-order valence-corrected chi connectivity index (χ4v) is 3.05. The lowest BCUT2D eigenvalue weighted by Gasteiger charge is -2.23. The van der Waals surface area contributed by atoms with E-state index in [-0.39, 0.29) is 28.9 Å². The summed E-state index contributed by atoms with van der Waals surface area (Å²) >= 11 is 0. The van der Waals surface area contributed by atoms with Gasteiger partial charge in [-0.2, -0.15) is 0 Å². The molecule has 0 aromatic carbocycles. The van der Waals surface area contributed by atoms with Gasteiger partial charge < -0.3 is 9.88 Å². The molecule has 0 spiro atoms. The van der Waals surface area contributed by atoms with Crippen molar-refractivity contribution in [3.05, 3.63) is 33.2 Å². The number of nitrogens with zero attached hydrogens (tertiary/aromatic N) is 1. The van der Waals surface area contributed by atoms with Crippen LogP contribution in [0, 0.1) is 0 Å². The summed E-state index contributed by atoms with van der Waals surface area (Å²) in [5.74, 6) is -0.198. The molecule has 0 radical (unpaired) electrons. The predicted octanol–water partition coefficient (Wildman–Crippen LogP) is 2.30. The zero-order valence-corrected chi connectivity index (χ0v) is 13.0. The lowest BCUT2D eigenvalue weighted by molar-refractivity contribution is 0.0739. The number of H-pyrrole nitrogens is 1. The van der Waals surface area contributed by atoms with E-state index >= 15 is 0 Å². The van der Waals surface area contributed by atoms with Crippen LogP contribution in [0.3, 0.4) is 0 Å². The SMILES string of the molecule is CCCCN(C(=O)c1cc2c([nH]c1=O)CCCC2=O)C1CC1. The minimum atomic E-state index is -0.361. The maximum atomic E-state index is 12.7. The molecule has 2 aliphatic carbocycles. The van der Waals surface area contributed by atoms with Crippen molar-refractivity contribution in [2.24, 2.45) is 0 Å². The number of fused-ring (bicyclic) bond motifs is 1. The predicted molar refractivity (Wildman–Crippen MR) is 83.3 cm³/mol. The number of ketones is 1. The van der Waals surface area contributed by atoms with Crippen molar-refractivity contribution in [2.45, 2.75) is 57.9 Å². The van der Waals surface area contributed by atoms with E-state index in [1.165, 1.54) is 6.07 Å². The molecule has 0 saturated heterocycles. The second-order valence-electron chi connectivity index (χ2n) is 6.26.